The minimum atomic E-state index is -0.875. The lowest BCUT2D eigenvalue weighted by Gasteiger charge is -2.20. The molecule has 1 fully saturated rings. The number of ether oxygens (including phenoxy) is 1. The fourth-order valence-corrected chi connectivity index (χ4v) is 3.56. The van der Waals surface area contributed by atoms with Crippen LogP contribution in [0.15, 0.2) is 12.1 Å². The molecule has 2 rings (SSSR count). The maximum atomic E-state index is 13.9. The van der Waals surface area contributed by atoms with E-state index in [0.29, 0.717) is 18.4 Å². The van der Waals surface area contributed by atoms with Gasteiger partial charge < -0.3 is 4.74 Å². The van der Waals surface area contributed by atoms with Crippen LogP contribution in [0, 0.1) is 21.8 Å². The molecule has 0 saturated carbocycles. The molecule has 1 saturated heterocycles. The highest BCUT2D eigenvalue weighted by Crippen LogP contribution is 2.28. The molecule has 1 aliphatic heterocycles. The zero-order valence-corrected chi connectivity index (χ0v) is 12.5. The van der Waals surface area contributed by atoms with E-state index in [-0.39, 0.29) is 23.9 Å². The number of carbonyl (C=O) groups excluding carboxylic acids is 1. The molecule has 0 amide bonds. The predicted octanol–water partition coefficient (Wildman–Crippen LogP) is 2.75. The summed E-state index contributed by atoms with van der Waals surface area (Å²) in [4.78, 5) is 22.0. The number of rotatable bonds is 5. The van der Waals surface area contributed by atoms with Crippen LogP contribution in [0.1, 0.15) is 17.5 Å². The second-order valence-corrected chi connectivity index (χ2v) is 6.12. The molecule has 114 valence electrons. The summed E-state index contributed by atoms with van der Waals surface area (Å²) in [6.07, 6.45) is 0.952. The lowest BCUT2D eigenvalue weighted by Crippen LogP contribution is -2.24. The quantitative estimate of drug-likeness (QED) is 0.617. The largest absolute Gasteiger partial charge is 0.380 e. The summed E-state index contributed by atoms with van der Waals surface area (Å²) in [5.74, 6) is 0.719. The number of nitro benzene ring substituents is 1. The van der Waals surface area contributed by atoms with Crippen molar-refractivity contribution in [3.8, 4) is 0 Å². The molecule has 0 aromatic heterocycles. The van der Waals surface area contributed by atoms with Crippen LogP contribution in [-0.2, 0) is 22.6 Å². The van der Waals surface area contributed by atoms with Crippen molar-refractivity contribution in [2.75, 3.05) is 18.6 Å². The summed E-state index contributed by atoms with van der Waals surface area (Å²) in [5.41, 5.74) is 0.254. The lowest BCUT2D eigenvalue weighted by molar-refractivity contribution is -0.388. The third kappa shape index (κ3) is 3.79. The standard InChI is InChI=1S/C14H16FNO4S/c1-20-7-10-4-9(6-12(15)14(10)16(18)19)5-11-8-21-3-2-13(11)17/h4,6,11H,2-3,5,7-8H2,1H3. The number of nitrogens with zero attached hydrogens (tertiary/aromatic N) is 1. The average molecular weight is 313 g/mol. The molecule has 1 unspecified atom stereocenters. The van der Waals surface area contributed by atoms with Gasteiger partial charge in [0.25, 0.3) is 0 Å². The number of ketones is 1. The van der Waals surface area contributed by atoms with Crippen molar-refractivity contribution in [2.45, 2.75) is 19.4 Å². The van der Waals surface area contributed by atoms with Crippen LogP contribution in [0.3, 0.4) is 0 Å². The van der Waals surface area contributed by atoms with E-state index in [1.807, 2.05) is 0 Å². The Balaban J connectivity index is 2.28. The van der Waals surface area contributed by atoms with Crippen LogP contribution in [0.25, 0.3) is 0 Å². The number of carbonyl (C=O) groups is 1. The highest BCUT2D eigenvalue weighted by molar-refractivity contribution is 7.99. The van der Waals surface area contributed by atoms with Gasteiger partial charge in [0.05, 0.1) is 17.1 Å². The summed E-state index contributed by atoms with van der Waals surface area (Å²) in [6, 6.07) is 2.72. The van der Waals surface area contributed by atoms with Gasteiger partial charge in [0.1, 0.15) is 5.78 Å². The summed E-state index contributed by atoms with van der Waals surface area (Å²) in [6.45, 7) is -0.0333. The Bertz CT molecular complexity index is 564. The highest BCUT2D eigenvalue weighted by atomic mass is 32.2. The van der Waals surface area contributed by atoms with E-state index in [1.165, 1.54) is 7.11 Å². The fourth-order valence-electron chi connectivity index (χ4n) is 2.46. The Morgan fingerprint density at radius 1 is 1.52 bits per heavy atom. The molecule has 1 aromatic rings. The van der Waals surface area contributed by atoms with Crippen molar-refractivity contribution in [3.05, 3.63) is 39.2 Å². The van der Waals surface area contributed by atoms with Crippen LogP contribution in [0.4, 0.5) is 10.1 Å². The van der Waals surface area contributed by atoms with Gasteiger partial charge in [-0.1, -0.05) is 0 Å². The van der Waals surface area contributed by atoms with Gasteiger partial charge in [0.2, 0.25) is 5.82 Å². The van der Waals surface area contributed by atoms with Gasteiger partial charge in [-0.25, -0.2) is 0 Å². The molecule has 1 aromatic carbocycles. The number of Topliss-reactive ketones (excluding diaryl/α,β-unsaturated/α-hetero) is 1. The topological polar surface area (TPSA) is 69.4 Å². The predicted molar refractivity (Wildman–Crippen MR) is 77.9 cm³/mol. The van der Waals surface area contributed by atoms with Crippen LogP contribution in [0.2, 0.25) is 0 Å². The molecule has 0 bridgehead atoms. The van der Waals surface area contributed by atoms with Crippen molar-refractivity contribution in [1.82, 2.24) is 0 Å². The van der Waals surface area contributed by atoms with E-state index < -0.39 is 16.4 Å². The van der Waals surface area contributed by atoms with E-state index in [0.717, 1.165) is 17.6 Å². The van der Waals surface area contributed by atoms with Gasteiger partial charge >= 0.3 is 5.69 Å². The zero-order chi connectivity index (χ0) is 15.4. The normalized spacial score (nSPS) is 18.8. The minimum absolute atomic E-state index is 0.0333. The van der Waals surface area contributed by atoms with Crippen molar-refractivity contribution in [3.63, 3.8) is 0 Å². The Labute approximate surface area is 126 Å². The van der Waals surface area contributed by atoms with E-state index in [9.17, 15) is 19.3 Å². The maximum absolute atomic E-state index is 13.9. The SMILES string of the molecule is COCc1cc(CC2CSCCC2=O)cc(F)c1[N+](=O)[O-]. The zero-order valence-electron chi connectivity index (χ0n) is 11.6. The van der Waals surface area contributed by atoms with E-state index in [1.54, 1.807) is 17.8 Å². The number of hydrogen-bond donors (Lipinski definition) is 0. The number of halogens is 1. The van der Waals surface area contributed by atoms with Gasteiger partial charge in [0, 0.05) is 31.0 Å². The van der Waals surface area contributed by atoms with Crippen molar-refractivity contribution in [2.24, 2.45) is 5.92 Å². The number of benzene rings is 1. The summed E-state index contributed by atoms with van der Waals surface area (Å²) >= 11 is 1.71. The molecule has 0 radical (unpaired) electrons. The number of methoxy groups -OCH3 is 1. The number of nitro groups is 1. The first-order valence-corrected chi connectivity index (χ1v) is 7.73. The third-order valence-electron chi connectivity index (χ3n) is 3.43. The smallest absolute Gasteiger partial charge is 0.310 e. The monoisotopic (exact) mass is 313 g/mol. The van der Waals surface area contributed by atoms with Crippen LogP contribution < -0.4 is 0 Å². The molecule has 1 atom stereocenters. The first kappa shape index (κ1) is 15.9. The van der Waals surface area contributed by atoms with Crippen LogP contribution in [-0.4, -0.2) is 29.3 Å². The van der Waals surface area contributed by atoms with E-state index in [4.69, 9.17) is 4.74 Å². The summed E-state index contributed by atoms with van der Waals surface area (Å²) < 4.78 is 18.8. The first-order chi connectivity index (χ1) is 10.0. The van der Waals surface area contributed by atoms with E-state index in [2.05, 4.69) is 0 Å². The fraction of sp³-hybridized carbons (Fsp3) is 0.500. The summed E-state index contributed by atoms with van der Waals surface area (Å²) in [5, 5.41) is 10.9. The summed E-state index contributed by atoms with van der Waals surface area (Å²) in [7, 11) is 1.40. The van der Waals surface area contributed by atoms with Gasteiger partial charge in [-0.15, -0.1) is 0 Å². The Kier molecular flexibility index (Phi) is 5.30. The molecule has 5 nitrogen and oxygen atoms in total. The number of thioether (sulfide) groups is 1. The van der Waals surface area contributed by atoms with Crippen LogP contribution >= 0.6 is 11.8 Å². The molecular formula is C14H16FNO4S. The van der Waals surface area contributed by atoms with Crippen LogP contribution in [0.5, 0.6) is 0 Å². The van der Waals surface area contributed by atoms with E-state index >= 15 is 0 Å². The second-order valence-electron chi connectivity index (χ2n) is 4.97. The minimum Gasteiger partial charge on any atom is -0.380 e. The first-order valence-electron chi connectivity index (χ1n) is 6.58. The third-order valence-corrected chi connectivity index (χ3v) is 4.56. The molecule has 1 aliphatic rings. The maximum Gasteiger partial charge on any atom is 0.310 e. The lowest BCUT2D eigenvalue weighted by atomic mass is 9.94. The Morgan fingerprint density at radius 3 is 2.90 bits per heavy atom. The molecular weight excluding hydrogens is 297 g/mol. The second kappa shape index (κ2) is 7.00. The highest BCUT2D eigenvalue weighted by Gasteiger charge is 2.26. The molecule has 0 spiro atoms. The molecule has 1 heterocycles. The van der Waals surface area contributed by atoms with Gasteiger partial charge in [0.15, 0.2) is 0 Å². The van der Waals surface area contributed by atoms with Crippen molar-refractivity contribution < 1.29 is 18.8 Å². The molecule has 7 heteroatoms. The Hall–Kier alpha value is -1.47. The molecule has 21 heavy (non-hydrogen) atoms. The number of hydrogen-bond acceptors (Lipinski definition) is 5. The Morgan fingerprint density at radius 2 is 2.29 bits per heavy atom. The van der Waals surface area contributed by atoms with Gasteiger partial charge in [-0.05, 0) is 24.1 Å². The van der Waals surface area contributed by atoms with Gasteiger partial charge in [-0.3, -0.25) is 14.9 Å². The molecule has 0 aliphatic carbocycles. The molecule has 0 N–H and O–H groups in total. The van der Waals surface area contributed by atoms with Gasteiger partial charge in [-0.2, -0.15) is 16.2 Å². The van der Waals surface area contributed by atoms with Crippen molar-refractivity contribution in [1.29, 1.82) is 0 Å². The van der Waals surface area contributed by atoms with Crippen molar-refractivity contribution >= 4 is 23.2 Å². The average Bonchev–Trinajstić information content (AvgIpc) is 2.41.